The minimum atomic E-state index is -3.62. The molecule has 0 aliphatic carbocycles. The van der Waals surface area contributed by atoms with Gasteiger partial charge in [-0.3, -0.25) is 14.7 Å². The highest BCUT2D eigenvalue weighted by atomic mass is 32.2. The zero-order chi connectivity index (χ0) is 14.0. The van der Waals surface area contributed by atoms with Crippen LogP contribution in [-0.4, -0.2) is 18.4 Å². The molecular formula is C14H11N3O2S. The molecule has 5 nitrogen and oxygen atoms in total. The fourth-order valence-corrected chi connectivity index (χ4v) is 2.95. The Morgan fingerprint density at radius 1 is 0.850 bits per heavy atom. The summed E-state index contributed by atoms with van der Waals surface area (Å²) < 4.78 is 27.1. The summed E-state index contributed by atoms with van der Waals surface area (Å²) >= 11 is 0. The van der Waals surface area contributed by atoms with Gasteiger partial charge in [-0.2, -0.15) is 0 Å². The van der Waals surface area contributed by atoms with Gasteiger partial charge in [-0.15, -0.1) is 0 Å². The van der Waals surface area contributed by atoms with Crippen LogP contribution in [0.2, 0.25) is 0 Å². The summed E-state index contributed by atoms with van der Waals surface area (Å²) in [5, 5.41) is 0. The molecule has 2 aromatic heterocycles. The van der Waals surface area contributed by atoms with E-state index in [0.29, 0.717) is 16.7 Å². The first-order valence-corrected chi connectivity index (χ1v) is 7.43. The average Bonchev–Trinajstić information content (AvgIpc) is 2.48. The Balaban J connectivity index is 2.06. The largest absolute Gasteiger partial charge is 0.277 e. The molecule has 20 heavy (non-hydrogen) atoms. The molecule has 0 spiro atoms. The van der Waals surface area contributed by atoms with Crippen LogP contribution in [0.4, 0.5) is 5.69 Å². The molecule has 1 aromatic carbocycles. The fraction of sp³-hybridized carbons (Fsp3) is 0. The smallest absolute Gasteiger partial charge is 0.261 e. The van der Waals surface area contributed by atoms with E-state index in [1.807, 2.05) is 0 Å². The summed E-state index contributed by atoms with van der Waals surface area (Å²) in [5.74, 6) is 0. The van der Waals surface area contributed by atoms with Crippen molar-refractivity contribution in [2.45, 2.75) is 4.90 Å². The minimum Gasteiger partial charge on any atom is -0.277 e. The van der Waals surface area contributed by atoms with Gasteiger partial charge in [0.05, 0.1) is 16.1 Å². The van der Waals surface area contributed by atoms with Gasteiger partial charge < -0.3 is 0 Å². The number of nitrogens with zero attached hydrogens (tertiary/aromatic N) is 2. The molecule has 6 heteroatoms. The Labute approximate surface area is 116 Å². The third-order valence-corrected chi connectivity index (χ3v) is 4.18. The van der Waals surface area contributed by atoms with Gasteiger partial charge in [0, 0.05) is 12.4 Å². The maximum atomic E-state index is 12.3. The van der Waals surface area contributed by atoms with E-state index >= 15 is 0 Å². The van der Waals surface area contributed by atoms with Crippen molar-refractivity contribution in [3.05, 3.63) is 60.9 Å². The molecular weight excluding hydrogens is 274 g/mol. The Morgan fingerprint density at radius 2 is 1.65 bits per heavy atom. The van der Waals surface area contributed by atoms with Gasteiger partial charge in [-0.05, 0) is 30.3 Å². The molecule has 0 saturated carbocycles. The number of pyridine rings is 2. The van der Waals surface area contributed by atoms with Crippen molar-refractivity contribution in [1.29, 1.82) is 0 Å². The maximum Gasteiger partial charge on any atom is 0.261 e. The van der Waals surface area contributed by atoms with Crippen molar-refractivity contribution in [3.8, 4) is 0 Å². The van der Waals surface area contributed by atoms with Gasteiger partial charge in [0.25, 0.3) is 10.0 Å². The van der Waals surface area contributed by atoms with Crippen LogP contribution >= 0.6 is 0 Å². The maximum absolute atomic E-state index is 12.3. The number of sulfonamides is 1. The number of benzene rings is 1. The van der Waals surface area contributed by atoms with E-state index in [9.17, 15) is 8.42 Å². The van der Waals surface area contributed by atoms with Crippen molar-refractivity contribution in [2.75, 3.05) is 4.72 Å². The topological polar surface area (TPSA) is 72.0 Å². The number of fused-ring (bicyclic) bond motifs is 1. The van der Waals surface area contributed by atoms with E-state index in [1.165, 1.54) is 0 Å². The van der Waals surface area contributed by atoms with Crippen LogP contribution in [0.25, 0.3) is 11.0 Å². The van der Waals surface area contributed by atoms with E-state index in [2.05, 4.69) is 14.7 Å². The van der Waals surface area contributed by atoms with Crippen LogP contribution in [0.5, 0.6) is 0 Å². The number of hydrogen-bond donors (Lipinski definition) is 1. The third-order valence-electron chi connectivity index (χ3n) is 2.79. The molecule has 0 aliphatic heterocycles. The number of nitrogens with one attached hydrogen (secondary N) is 1. The average molecular weight is 285 g/mol. The van der Waals surface area contributed by atoms with Crippen LogP contribution in [0.15, 0.2) is 65.8 Å². The lowest BCUT2D eigenvalue weighted by atomic mass is 10.3. The Morgan fingerprint density at radius 3 is 2.45 bits per heavy atom. The predicted molar refractivity (Wildman–Crippen MR) is 76.8 cm³/mol. The van der Waals surface area contributed by atoms with E-state index in [4.69, 9.17) is 0 Å². The van der Waals surface area contributed by atoms with Crippen LogP contribution in [-0.2, 0) is 10.0 Å². The molecule has 0 radical (unpaired) electrons. The van der Waals surface area contributed by atoms with E-state index < -0.39 is 10.0 Å². The Kier molecular flexibility index (Phi) is 3.08. The van der Waals surface area contributed by atoms with E-state index in [0.717, 1.165) is 0 Å². The lowest BCUT2D eigenvalue weighted by Crippen LogP contribution is -2.13. The molecule has 100 valence electrons. The van der Waals surface area contributed by atoms with E-state index in [1.54, 1.807) is 60.9 Å². The molecule has 0 unspecified atom stereocenters. The molecule has 1 N–H and O–H groups in total. The summed E-state index contributed by atoms with van der Waals surface area (Å²) in [7, 11) is -3.62. The molecule has 0 fully saturated rings. The summed E-state index contributed by atoms with van der Waals surface area (Å²) in [6.07, 6.45) is 3.15. The van der Waals surface area contributed by atoms with Gasteiger partial charge in [0.2, 0.25) is 0 Å². The molecule has 0 bridgehead atoms. The second-order valence-electron chi connectivity index (χ2n) is 4.15. The van der Waals surface area contributed by atoms with Gasteiger partial charge in [-0.25, -0.2) is 8.42 Å². The lowest BCUT2D eigenvalue weighted by molar-refractivity contribution is 0.601. The third kappa shape index (κ3) is 2.33. The molecule has 0 amide bonds. The summed E-state index contributed by atoms with van der Waals surface area (Å²) in [6.45, 7) is 0. The standard InChI is InChI=1S/C14H11N3O2S/c18-20(19,11-5-2-1-3-6-11)17-13-8-10-15-12-7-4-9-16-14(12)13/h1-10H,(H,15,17). The monoisotopic (exact) mass is 285 g/mol. The molecule has 2 heterocycles. The highest BCUT2D eigenvalue weighted by Crippen LogP contribution is 2.21. The zero-order valence-electron chi connectivity index (χ0n) is 10.4. The van der Waals surface area contributed by atoms with Gasteiger partial charge in [0.15, 0.2) is 0 Å². The van der Waals surface area contributed by atoms with E-state index in [-0.39, 0.29) is 4.90 Å². The molecule has 3 rings (SSSR count). The Bertz CT molecular complexity index is 843. The molecule has 0 aliphatic rings. The first kappa shape index (κ1) is 12.6. The zero-order valence-corrected chi connectivity index (χ0v) is 11.2. The Hall–Kier alpha value is -2.47. The number of hydrogen-bond acceptors (Lipinski definition) is 4. The van der Waals surface area contributed by atoms with Gasteiger partial charge >= 0.3 is 0 Å². The fourth-order valence-electron chi connectivity index (χ4n) is 1.87. The first-order chi connectivity index (χ1) is 9.67. The van der Waals surface area contributed by atoms with Crippen LogP contribution in [0.3, 0.4) is 0 Å². The molecule has 0 saturated heterocycles. The lowest BCUT2D eigenvalue weighted by Gasteiger charge is -2.09. The predicted octanol–water partition coefficient (Wildman–Crippen LogP) is 2.43. The minimum absolute atomic E-state index is 0.209. The van der Waals surface area contributed by atoms with Crippen molar-refractivity contribution >= 4 is 26.7 Å². The second-order valence-corrected chi connectivity index (χ2v) is 5.83. The van der Waals surface area contributed by atoms with Crippen LogP contribution < -0.4 is 4.72 Å². The normalized spacial score (nSPS) is 11.4. The quantitative estimate of drug-likeness (QED) is 0.802. The summed E-state index contributed by atoms with van der Waals surface area (Å²) in [4.78, 5) is 8.53. The SMILES string of the molecule is O=S(=O)(Nc1ccnc2cccnc12)c1ccccc1. The summed E-state index contributed by atoms with van der Waals surface area (Å²) in [6, 6.07) is 13.3. The number of anilines is 1. The van der Waals surface area contributed by atoms with Gasteiger partial charge in [0.1, 0.15) is 5.52 Å². The second kappa shape index (κ2) is 4.90. The van der Waals surface area contributed by atoms with Crippen LogP contribution in [0, 0.1) is 0 Å². The van der Waals surface area contributed by atoms with Gasteiger partial charge in [-0.1, -0.05) is 18.2 Å². The highest BCUT2D eigenvalue weighted by Gasteiger charge is 2.15. The van der Waals surface area contributed by atoms with Crippen LogP contribution in [0.1, 0.15) is 0 Å². The van der Waals surface area contributed by atoms with Crippen molar-refractivity contribution in [3.63, 3.8) is 0 Å². The van der Waals surface area contributed by atoms with Crippen molar-refractivity contribution in [2.24, 2.45) is 0 Å². The van der Waals surface area contributed by atoms with Crippen molar-refractivity contribution in [1.82, 2.24) is 9.97 Å². The summed E-state index contributed by atoms with van der Waals surface area (Å²) in [5.41, 5.74) is 1.58. The number of rotatable bonds is 3. The number of aromatic nitrogens is 2. The molecule has 0 atom stereocenters. The molecule has 3 aromatic rings. The highest BCUT2D eigenvalue weighted by molar-refractivity contribution is 7.92. The van der Waals surface area contributed by atoms with Crippen molar-refractivity contribution < 1.29 is 8.42 Å². The first-order valence-electron chi connectivity index (χ1n) is 5.94.